The maximum Gasteiger partial charge on any atom is 0.0349 e. The molecule has 1 saturated carbocycles. The van der Waals surface area contributed by atoms with E-state index in [4.69, 9.17) is 0 Å². The number of aromatic nitrogens is 1. The Morgan fingerprint density at radius 1 is 1.50 bits per heavy atom. The molecule has 0 bridgehead atoms. The molecule has 0 spiro atoms. The Morgan fingerprint density at radius 3 is 2.79 bits per heavy atom. The predicted octanol–water partition coefficient (Wildman–Crippen LogP) is 3.46. The van der Waals surface area contributed by atoms with Gasteiger partial charge in [0.25, 0.3) is 0 Å². The molecule has 14 heavy (non-hydrogen) atoms. The zero-order valence-corrected chi connectivity index (χ0v) is 8.59. The zero-order valence-electron chi connectivity index (χ0n) is 8.59. The third kappa shape index (κ3) is 1.50. The van der Waals surface area contributed by atoms with E-state index in [1.54, 1.807) is 0 Å². The molecular formula is C13H15N. The van der Waals surface area contributed by atoms with E-state index in [-0.39, 0.29) is 0 Å². The molecule has 0 atom stereocenters. The molecule has 0 N–H and O–H groups in total. The Hall–Kier alpha value is -1.37. The monoisotopic (exact) mass is 185 g/mol. The Balaban J connectivity index is 2.45. The second-order valence-electron chi connectivity index (χ2n) is 3.92. The summed E-state index contributed by atoms with van der Waals surface area (Å²) in [4.78, 5) is 4.22. The van der Waals surface area contributed by atoms with Crippen LogP contribution in [0.4, 0.5) is 0 Å². The van der Waals surface area contributed by atoms with Gasteiger partial charge in [0.05, 0.1) is 0 Å². The normalized spacial score (nSPS) is 15.2. The van der Waals surface area contributed by atoms with Gasteiger partial charge in [-0.2, -0.15) is 0 Å². The van der Waals surface area contributed by atoms with E-state index in [1.807, 2.05) is 18.5 Å². The molecular weight excluding hydrogens is 170 g/mol. The Labute approximate surface area is 85.2 Å². The van der Waals surface area contributed by atoms with Gasteiger partial charge in [0, 0.05) is 18.0 Å². The number of nitrogens with zero attached hydrogens (tertiary/aromatic N) is 1. The van der Waals surface area contributed by atoms with E-state index in [2.05, 4.69) is 25.1 Å². The van der Waals surface area contributed by atoms with Crippen LogP contribution in [-0.4, -0.2) is 4.98 Å². The van der Waals surface area contributed by atoms with Crippen molar-refractivity contribution in [1.29, 1.82) is 0 Å². The topological polar surface area (TPSA) is 12.9 Å². The van der Waals surface area contributed by atoms with Crippen LogP contribution in [0.2, 0.25) is 0 Å². The predicted molar refractivity (Wildman–Crippen MR) is 60.8 cm³/mol. The second kappa shape index (κ2) is 3.41. The fourth-order valence-electron chi connectivity index (χ4n) is 1.75. The molecule has 0 amide bonds. The summed E-state index contributed by atoms with van der Waals surface area (Å²) in [6.07, 6.45) is 8.25. The second-order valence-corrected chi connectivity index (χ2v) is 3.92. The molecule has 1 aromatic rings. The number of allylic oxidation sites excluding steroid dienone is 1. The SMILES string of the molecule is C=Cc1c(C)cncc1C(=C)C1CC1. The number of hydrogen-bond acceptors (Lipinski definition) is 1. The van der Waals surface area contributed by atoms with E-state index in [1.165, 1.54) is 35.1 Å². The van der Waals surface area contributed by atoms with Crippen molar-refractivity contribution < 1.29 is 0 Å². The number of hydrogen-bond donors (Lipinski definition) is 0. The van der Waals surface area contributed by atoms with Crippen LogP contribution in [0.25, 0.3) is 11.6 Å². The van der Waals surface area contributed by atoms with Crippen molar-refractivity contribution in [3.63, 3.8) is 0 Å². The van der Waals surface area contributed by atoms with E-state index in [0.29, 0.717) is 5.92 Å². The highest BCUT2D eigenvalue weighted by Gasteiger charge is 2.26. The van der Waals surface area contributed by atoms with Crippen LogP contribution in [-0.2, 0) is 0 Å². The van der Waals surface area contributed by atoms with Crippen LogP contribution in [0.3, 0.4) is 0 Å². The molecule has 0 saturated heterocycles. The van der Waals surface area contributed by atoms with Crippen LogP contribution in [0.1, 0.15) is 29.5 Å². The lowest BCUT2D eigenvalue weighted by atomic mass is 9.97. The van der Waals surface area contributed by atoms with Crippen LogP contribution in [0, 0.1) is 12.8 Å². The van der Waals surface area contributed by atoms with Gasteiger partial charge in [-0.25, -0.2) is 0 Å². The molecule has 0 aromatic carbocycles. The smallest absolute Gasteiger partial charge is 0.0349 e. The third-order valence-corrected chi connectivity index (χ3v) is 2.81. The van der Waals surface area contributed by atoms with Crippen molar-refractivity contribution in [2.75, 3.05) is 0 Å². The largest absolute Gasteiger partial charge is 0.264 e. The zero-order chi connectivity index (χ0) is 10.1. The summed E-state index contributed by atoms with van der Waals surface area (Å²) in [5, 5.41) is 0. The molecule has 1 aliphatic rings. The van der Waals surface area contributed by atoms with Crippen LogP contribution in [0.5, 0.6) is 0 Å². The van der Waals surface area contributed by atoms with Crippen molar-refractivity contribution in [3.8, 4) is 0 Å². The van der Waals surface area contributed by atoms with Gasteiger partial charge in [-0.1, -0.05) is 19.2 Å². The Bertz CT molecular complexity index is 386. The van der Waals surface area contributed by atoms with Gasteiger partial charge >= 0.3 is 0 Å². The van der Waals surface area contributed by atoms with E-state index < -0.39 is 0 Å². The van der Waals surface area contributed by atoms with Gasteiger partial charge in [0.15, 0.2) is 0 Å². The molecule has 1 heterocycles. The van der Waals surface area contributed by atoms with Gasteiger partial charge < -0.3 is 0 Å². The standard InChI is InChI=1S/C13H15N/c1-4-12-9(2)7-14-8-13(12)10(3)11-5-6-11/h4,7-8,11H,1,3,5-6H2,2H3. The van der Waals surface area contributed by atoms with E-state index in [0.717, 1.165) is 0 Å². The van der Waals surface area contributed by atoms with Crippen LogP contribution < -0.4 is 0 Å². The minimum absolute atomic E-state index is 0.692. The molecule has 1 aromatic heterocycles. The summed E-state index contributed by atoms with van der Waals surface area (Å²) in [6.45, 7) is 10.1. The number of pyridine rings is 1. The summed E-state index contributed by atoms with van der Waals surface area (Å²) in [5.74, 6) is 0.692. The first-order valence-electron chi connectivity index (χ1n) is 5.00. The van der Waals surface area contributed by atoms with Crippen molar-refractivity contribution in [2.45, 2.75) is 19.8 Å². The minimum Gasteiger partial charge on any atom is -0.264 e. The first kappa shape index (κ1) is 9.20. The molecule has 0 radical (unpaired) electrons. The van der Waals surface area contributed by atoms with E-state index in [9.17, 15) is 0 Å². The average Bonchev–Trinajstić information content (AvgIpc) is 2.99. The van der Waals surface area contributed by atoms with Crippen LogP contribution >= 0.6 is 0 Å². The van der Waals surface area contributed by atoms with Gasteiger partial charge in [-0.15, -0.1) is 0 Å². The average molecular weight is 185 g/mol. The highest BCUT2D eigenvalue weighted by molar-refractivity contribution is 5.75. The van der Waals surface area contributed by atoms with Gasteiger partial charge in [-0.3, -0.25) is 4.98 Å². The summed E-state index contributed by atoms with van der Waals surface area (Å²) in [7, 11) is 0. The Morgan fingerprint density at radius 2 is 2.21 bits per heavy atom. The fourth-order valence-corrected chi connectivity index (χ4v) is 1.75. The van der Waals surface area contributed by atoms with Crippen molar-refractivity contribution in [3.05, 3.63) is 42.2 Å². The van der Waals surface area contributed by atoms with Gasteiger partial charge in [0.1, 0.15) is 0 Å². The summed E-state index contributed by atoms with van der Waals surface area (Å²) >= 11 is 0. The summed E-state index contributed by atoms with van der Waals surface area (Å²) in [6, 6.07) is 0. The summed E-state index contributed by atoms with van der Waals surface area (Å²) in [5.41, 5.74) is 4.79. The molecule has 0 unspecified atom stereocenters. The quantitative estimate of drug-likeness (QED) is 0.702. The van der Waals surface area contributed by atoms with E-state index >= 15 is 0 Å². The summed E-state index contributed by atoms with van der Waals surface area (Å²) < 4.78 is 0. The lowest BCUT2D eigenvalue weighted by Crippen LogP contribution is -1.94. The van der Waals surface area contributed by atoms with Gasteiger partial charge in [-0.05, 0) is 42.4 Å². The molecule has 1 fully saturated rings. The van der Waals surface area contributed by atoms with Crippen molar-refractivity contribution in [1.82, 2.24) is 4.98 Å². The molecule has 0 aliphatic heterocycles. The molecule has 2 rings (SSSR count). The number of rotatable bonds is 3. The fraction of sp³-hybridized carbons (Fsp3) is 0.308. The first-order valence-corrected chi connectivity index (χ1v) is 5.00. The van der Waals surface area contributed by atoms with Crippen LogP contribution in [0.15, 0.2) is 25.6 Å². The van der Waals surface area contributed by atoms with Crippen molar-refractivity contribution >= 4 is 11.6 Å². The first-order chi connectivity index (χ1) is 6.74. The minimum atomic E-state index is 0.692. The Kier molecular flexibility index (Phi) is 2.24. The third-order valence-electron chi connectivity index (χ3n) is 2.81. The van der Waals surface area contributed by atoms with Gasteiger partial charge in [0.2, 0.25) is 0 Å². The maximum absolute atomic E-state index is 4.22. The number of aryl methyl sites for hydroxylation is 1. The molecule has 1 heteroatoms. The highest BCUT2D eigenvalue weighted by Crippen LogP contribution is 2.41. The maximum atomic E-state index is 4.22. The van der Waals surface area contributed by atoms with Crippen molar-refractivity contribution in [2.24, 2.45) is 5.92 Å². The highest BCUT2D eigenvalue weighted by atomic mass is 14.6. The molecule has 1 aliphatic carbocycles. The molecule has 72 valence electrons. The molecule has 1 nitrogen and oxygen atoms in total. The lowest BCUT2D eigenvalue weighted by Gasteiger charge is -2.09. The lowest BCUT2D eigenvalue weighted by molar-refractivity contribution is 1.13.